The molecule has 1 aromatic carbocycles. The molecule has 0 spiro atoms. The quantitative estimate of drug-likeness (QED) is 0.513. The van der Waals surface area contributed by atoms with Crippen molar-refractivity contribution in [2.24, 2.45) is 0 Å². The van der Waals surface area contributed by atoms with Gasteiger partial charge in [0.25, 0.3) is 5.91 Å². The van der Waals surface area contributed by atoms with Crippen LogP contribution in [0.4, 0.5) is 11.5 Å². The number of nitrogens with zero attached hydrogens (tertiary/aromatic N) is 4. The van der Waals surface area contributed by atoms with E-state index in [1.54, 1.807) is 11.1 Å². The summed E-state index contributed by atoms with van der Waals surface area (Å²) in [5.74, 6) is 0.394. The summed E-state index contributed by atoms with van der Waals surface area (Å²) in [5, 5.41) is 11.2. The molecule has 0 saturated carbocycles. The van der Waals surface area contributed by atoms with Crippen molar-refractivity contribution >= 4 is 59.9 Å². The monoisotopic (exact) mass is 428 g/mol. The minimum Gasteiger partial charge on any atom is -0.337 e. The predicted octanol–water partition coefficient (Wildman–Crippen LogP) is 2.18. The van der Waals surface area contributed by atoms with E-state index in [1.165, 1.54) is 11.5 Å². The number of H-pyrrole nitrogens is 1. The van der Waals surface area contributed by atoms with Crippen LogP contribution in [-0.4, -0.2) is 63.4 Å². The molecule has 29 heavy (non-hydrogen) atoms. The van der Waals surface area contributed by atoms with Crippen LogP contribution in [0.3, 0.4) is 0 Å². The SMILES string of the molecule is O=C(c1nsc2cc(Nc3n[nH]c4cccnc34)ccc12)N1CCS(=O)(=O)CC1. The third-order valence-corrected chi connectivity index (χ3v) is 7.31. The van der Waals surface area contributed by atoms with Gasteiger partial charge in [-0.25, -0.2) is 8.42 Å². The van der Waals surface area contributed by atoms with E-state index in [9.17, 15) is 13.2 Å². The van der Waals surface area contributed by atoms with Crippen molar-refractivity contribution in [3.8, 4) is 0 Å². The molecule has 2 N–H and O–H groups in total. The van der Waals surface area contributed by atoms with Gasteiger partial charge in [-0.1, -0.05) is 0 Å². The molecule has 4 aromatic rings. The van der Waals surface area contributed by atoms with Crippen LogP contribution in [-0.2, 0) is 9.84 Å². The van der Waals surface area contributed by atoms with Crippen LogP contribution in [0.15, 0.2) is 36.5 Å². The molecular formula is C18H16N6O3S2. The number of sulfone groups is 1. The van der Waals surface area contributed by atoms with Gasteiger partial charge in [-0.2, -0.15) is 9.47 Å². The lowest BCUT2D eigenvalue weighted by molar-refractivity contribution is 0.0767. The second-order valence-electron chi connectivity index (χ2n) is 6.78. The highest BCUT2D eigenvalue weighted by atomic mass is 32.2. The number of hydrogen-bond acceptors (Lipinski definition) is 8. The topological polar surface area (TPSA) is 121 Å². The van der Waals surface area contributed by atoms with E-state index in [-0.39, 0.29) is 30.5 Å². The van der Waals surface area contributed by atoms with Gasteiger partial charge < -0.3 is 10.2 Å². The van der Waals surface area contributed by atoms with Gasteiger partial charge in [0.15, 0.2) is 15.7 Å². The lowest BCUT2D eigenvalue weighted by Crippen LogP contribution is -2.43. The number of nitrogens with one attached hydrogen (secondary N) is 2. The number of anilines is 2. The van der Waals surface area contributed by atoms with Crippen molar-refractivity contribution in [2.45, 2.75) is 0 Å². The molecule has 5 rings (SSSR count). The number of aromatic nitrogens is 4. The van der Waals surface area contributed by atoms with E-state index in [1.807, 2.05) is 30.3 Å². The highest BCUT2D eigenvalue weighted by Gasteiger charge is 2.28. The molecule has 3 aromatic heterocycles. The van der Waals surface area contributed by atoms with Crippen LogP contribution in [0.2, 0.25) is 0 Å². The van der Waals surface area contributed by atoms with Gasteiger partial charge in [-0.05, 0) is 41.9 Å². The molecule has 1 amide bonds. The van der Waals surface area contributed by atoms with Crippen LogP contribution in [0, 0.1) is 0 Å². The molecule has 148 valence electrons. The molecule has 0 unspecified atom stereocenters. The van der Waals surface area contributed by atoms with Crippen LogP contribution in [0.5, 0.6) is 0 Å². The Balaban J connectivity index is 1.40. The fourth-order valence-corrected chi connectivity index (χ4v) is 5.32. The predicted molar refractivity (Wildman–Crippen MR) is 111 cm³/mol. The maximum absolute atomic E-state index is 12.8. The van der Waals surface area contributed by atoms with Gasteiger partial charge in [0.05, 0.1) is 21.7 Å². The average Bonchev–Trinajstić information content (AvgIpc) is 3.32. The molecule has 0 bridgehead atoms. The number of benzene rings is 1. The highest BCUT2D eigenvalue weighted by Crippen LogP contribution is 2.29. The normalized spacial score (nSPS) is 16.3. The van der Waals surface area contributed by atoms with Crippen molar-refractivity contribution in [1.29, 1.82) is 0 Å². The summed E-state index contributed by atoms with van der Waals surface area (Å²) in [7, 11) is -3.04. The molecule has 9 nitrogen and oxygen atoms in total. The van der Waals surface area contributed by atoms with E-state index in [0.717, 1.165) is 26.8 Å². The van der Waals surface area contributed by atoms with Crippen molar-refractivity contribution in [1.82, 2.24) is 24.5 Å². The molecule has 11 heteroatoms. The third-order valence-electron chi connectivity index (χ3n) is 4.89. The Kier molecular flexibility index (Phi) is 4.21. The summed E-state index contributed by atoms with van der Waals surface area (Å²) in [4.78, 5) is 18.7. The summed E-state index contributed by atoms with van der Waals surface area (Å²) < 4.78 is 28.4. The Morgan fingerprint density at radius 1 is 1.21 bits per heavy atom. The minimum atomic E-state index is -3.04. The van der Waals surface area contributed by atoms with Crippen LogP contribution in [0.25, 0.3) is 21.1 Å². The minimum absolute atomic E-state index is 0.000530. The van der Waals surface area contributed by atoms with Crippen molar-refractivity contribution in [3.05, 3.63) is 42.2 Å². The van der Waals surface area contributed by atoms with Crippen molar-refractivity contribution in [3.63, 3.8) is 0 Å². The Morgan fingerprint density at radius 2 is 2.03 bits per heavy atom. The van der Waals surface area contributed by atoms with E-state index in [2.05, 4.69) is 24.9 Å². The first kappa shape index (κ1) is 18.0. The number of carbonyl (C=O) groups is 1. The summed E-state index contributed by atoms with van der Waals surface area (Å²) in [6.07, 6.45) is 1.71. The third kappa shape index (κ3) is 3.32. The number of rotatable bonds is 3. The van der Waals surface area contributed by atoms with Crippen molar-refractivity contribution in [2.75, 3.05) is 29.9 Å². The molecule has 4 heterocycles. The summed E-state index contributed by atoms with van der Waals surface area (Å²) in [6.45, 7) is 0.415. The number of aromatic amines is 1. The summed E-state index contributed by atoms with van der Waals surface area (Å²) in [6, 6.07) is 9.35. The number of hydrogen-bond donors (Lipinski definition) is 2. The lowest BCUT2D eigenvalue weighted by Gasteiger charge is -2.26. The van der Waals surface area contributed by atoms with E-state index < -0.39 is 9.84 Å². The summed E-state index contributed by atoms with van der Waals surface area (Å²) >= 11 is 1.24. The maximum atomic E-state index is 12.8. The zero-order valence-corrected chi connectivity index (χ0v) is 16.8. The Labute approximate surface area is 169 Å². The first-order chi connectivity index (χ1) is 14.0. The van der Waals surface area contributed by atoms with E-state index >= 15 is 0 Å². The van der Waals surface area contributed by atoms with Gasteiger partial charge in [-0.3, -0.25) is 14.9 Å². The zero-order valence-electron chi connectivity index (χ0n) is 15.1. The number of pyridine rings is 1. The largest absolute Gasteiger partial charge is 0.337 e. The lowest BCUT2D eigenvalue weighted by atomic mass is 10.2. The Bertz CT molecular complexity index is 1330. The molecule has 0 atom stereocenters. The fourth-order valence-electron chi connectivity index (χ4n) is 3.31. The smallest absolute Gasteiger partial charge is 0.274 e. The maximum Gasteiger partial charge on any atom is 0.274 e. The van der Waals surface area contributed by atoms with E-state index in [4.69, 9.17) is 0 Å². The van der Waals surface area contributed by atoms with Crippen LogP contribution < -0.4 is 5.32 Å². The van der Waals surface area contributed by atoms with Crippen LogP contribution >= 0.6 is 11.5 Å². The molecular weight excluding hydrogens is 412 g/mol. The number of fused-ring (bicyclic) bond motifs is 2. The number of carbonyl (C=O) groups excluding carboxylic acids is 1. The van der Waals surface area contributed by atoms with Gasteiger partial charge in [0, 0.05) is 30.4 Å². The first-order valence-electron chi connectivity index (χ1n) is 8.95. The fraction of sp³-hybridized carbons (Fsp3) is 0.222. The van der Waals surface area contributed by atoms with Gasteiger partial charge >= 0.3 is 0 Å². The second-order valence-corrected chi connectivity index (χ2v) is 9.89. The molecule has 1 saturated heterocycles. The number of amides is 1. The van der Waals surface area contributed by atoms with Crippen molar-refractivity contribution < 1.29 is 13.2 Å². The zero-order chi connectivity index (χ0) is 20.0. The van der Waals surface area contributed by atoms with Gasteiger partial charge in [0.1, 0.15) is 11.2 Å². The Morgan fingerprint density at radius 3 is 2.86 bits per heavy atom. The first-order valence-corrected chi connectivity index (χ1v) is 11.5. The van der Waals surface area contributed by atoms with Gasteiger partial charge in [-0.15, -0.1) is 0 Å². The molecule has 1 fully saturated rings. The standard InChI is InChI=1S/C18H16N6O3S2/c25-18(24-6-8-29(26,27)9-7-24)15-12-4-3-11(10-14(12)28-23-15)20-17-16-13(21-22-17)2-1-5-19-16/h1-5,10H,6-9H2,(H2,20,21,22). The summed E-state index contributed by atoms with van der Waals surface area (Å²) in [5.41, 5.74) is 2.75. The molecule has 0 radical (unpaired) electrons. The van der Waals surface area contributed by atoms with Crippen LogP contribution in [0.1, 0.15) is 10.5 Å². The molecule has 1 aliphatic rings. The average molecular weight is 428 g/mol. The van der Waals surface area contributed by atoms with Gasteiger partial charge in [0.2, 0.25) is 0 Å². The van der Waals surface area contributed by atoms with E-state index in [0.29, 0.717) is 11.5 Å². The Hall–Kier alpha value is -3.05. The highest BCUT2D eigenvalue weighted by molar-refractivity contribution is 7.91. The molecule has 0 aliphatic carbocycles. The second kappa shape index (κ2) is 6.78. The molecule has 1 aliphatic heterocycles.